The summed E-state index contributed by atoms with van der Waals surface area (Å²) in [5.41, 5.74) is 0.995. The zero-order valence-electron chi connectivity index (χ0n) is 12.3. The number of aliphatic hydroxyl groups is 1. The number of nitrogens with zero attached hydrogens (tertiary/aromatic N) is 3. The second-order valence-electron chi connectivity index (χ2n) is 5.38. The minimum Gasteiger partial charge on any atom is -0.510 e. The molecular weight excluding hydrogens is 347 g/mol. The van der Waals surface area contributed by atoms with E-state index in [2.05, 4.69) is 4.99 Å². The van der Waals surface area contributed by atoms with E-state index in [1.54, 1.807) is 6.92 Å². The van der Waals surface area contributed by atoms with Crippen LogP contribution in [0.25, 0.3) is 0 Å². The summed E-state index contributed by atoms with van der Waals surface area (Å²) in [6.45, 7) is 1.67. The zero-order chi connectivity index (χ0) is 17.6. The van der Waals surface area contributed by atoms with Gasteiger partial charge in [-0.25, -0.2) is 0 Å². The van der Waals surface area contributed by atoms with Crippen LogP contribution in [0, 0.1) is 18.3 Å². The van der Waals surface area contributed by atoms with Crippen molar-refractivity contribution in [2.45, 2.75) is 25.2 Å². The van der Waals surface area contributed by atoms with Crippen LogP contribution in [0.5, 0.6) is 0 Å². The van der Waals surface area contributed by atoms with Gasteiger partial charge in [-0.15, -0.1) is 0 Å². The van der Waals surface area contributed by atoms with E-state index in [1.807, 2.05) is 6.07 Å². The van der Waals surface area contributed by atoms with Crippen LogP contribution in [-0.4, -0.2) is 40.9 Å². The average molecular weight is 358 g/mol. The molecule has 2 aliphatic rings. The van der Waals surface area contributed by atoms with Gasteiger partial charge in [-0.3, -0.25) is 0 Å². The first-order valence-corrected chi connectivity index (χ1v) is 7.28. The SMILES string of the molecule is Cc1c(/N=C2\O[C@@H](C(F)(F)F)[C@H]3C(O)=CCN23)ccc(C#N)c1Cl. The van der Waals surface area contributed by atoms with Crippen LogP contribution in [0.1, 0.15) is 11.1 Å². The summed E-state index contributed by atoms with van der Waals surface area (Å²) in [5, 5.41) is 18.8. The highest BCUT2D eigenvalue weighted by atomic mass is 35.5. The van der Waals surface area contributed by atoms with Gasteiger partial charge in [0.1, 0.15) is 17.9 Å². The van der Waals surface area contributed by atoms with E-state index >= 15 is 0 Å². The standard InChI is InChI=1S/C15H11ClF3N3O2/c1-7-9(3-2-8(6-20)11(7)16)21-14-22-5-4-10(23)12(22)13(24-14)15(17,18)19/h2-4,12-13,23H,5H2,1H3/b21-14-/t12-,13-/m1/s1. The molecule has 3 rings (SSSR count). The van der Waals surface area contributed by atoms with Gasteiger partial charge in [-0.2, -0.15) is 23.4 Å². The van der Waals surface area contributed by atoms with Gasteiger partial charge in [0.15, 0.2) is 0 Å². The lowest BCUT2D eigenvalue weighted by Gasteiger charge is -2.19. The van der Waals surface area contributed by atoms with Crippen molar-refractivity contribution in [2.75, 3.05) is 6.54 Å². The molecule has 1 aromatic carbocycles. The maximum Gasteiger partial charge on any atom is 0.428 e. The van der Waals surface area contributed by atoms with Gasteiger partial charge >= 0.3 is 6.18 Å². The molecule has 0 aliphatic carbocycles. The summed E-state index contributed by atoms with van der Waals surface area (Å²) in [6.07, 6.45) is -5.55. The largest absolute Gasteiger partial charge is 0.510 e. The Kier molecular flexibility index (Phi) is 3.84. The van der Waals surface area contributed by atoms with Gasteiger partial charge in [-0.05, 0) is 30.7 Å². The number of halogens is 4. The molecule has 2 heterocycles. The third-order valence-corrected chi connectivity index (χ3v) is 4.40. The minimum atomic E-state index is -4.65. The molecule has 0 spiro atoms. The van der Waals surface area contributed by atoms with Crippen LogP contribution in [0.4, 0.5) is 18.9 Å². The Morgan fingerprint density at radius 2 is 2.17 bits per heavy atom. The monoisotopic (exact) mass is 357 g/mol. The summed E-state index contributed by atoms with van der Waals surface area (Å²) in [6, 6.07) is 3.25. The molecule has 0 bridgehead atoms. The summed E-state index contributed by atoms with van der Waals surface area (Å²) >= 11 is 6.04. The summed E-state index contributed by atoms with van der Waals surface area (Å²) in [7, 11) is 0. The molecule has 9 heteroatoms. The molecule has 1 fully saturated rings. The maximum atomic E-state index is 13.1. The Balaban J connectivity index is 2.01. The molecule has 0 saturated carbocycles. The maximum absolute atomic E-state index is 13.1. The van der Waals surface area contributed by atoms with Crippen molar-refractivity contribution in [2.24, 2.45) is 4.99 Å². The lowest BCUT2D eigenvalue weighted by Crippen LogP contribution is -2.41. The predicted molar refractivity (Wildman–Crippen MR) is 80.1 cm³/mol. The third kappa shape index (κ3) is 2.55. The van der Waals surface area contributed by atoms with Gasteiger partial charge in [-0.1, -0.05) is 11.6 Å². The van der Waals surface area contributed by atoms with Crippen LogP contribution < -0.4 is 0 Å². The number of amidine groups is 1. The fourth-order valence-corrected chi connectivity index (χ4v) is 2.87. The Morgan fingerprint density at radius 3 is 2.79 bits per heavy atom. The van der Waals surface area contributed by atoms with E-state index in [4.69, 9.17) is 21.6 Å². The van der Waals surface area contributed by atoms with Crippen LogP contribution in [0.2, 0.25) is 5.02 Å². The Hall–Kier alpha value is -2.40. The Morgan fingerprint density at radius 1 is 1.46 bits per heavy atom. The third-order valence-electron chi connectivity index (χ3n) is 3.92. The van der Waals surface area contributed by atoms with E-state index in [-0.39, 0.29) is 23.2 Å². The van der Waals surface area contributed by atoms with Crippen molar-refractivity contribution < 1.29 is 23.0 Å². The lowest BCUT2D eigenvalue weighted by atomic mass is 10.1. The fraction of sp³-hybridized carbons (Fsp3) is 0.333. The second-order valence-corrected chi connectivity index (χ2v) is 5.76. The van der Waals surface area contributed by atoms with Crippen molar-refractivity contribution >= 4 is 23.3 Å². The normalized spacial score (nSPS) is 24.6. The molecule has 5 nitrogen and oxygen atoms in total. The summed E-state index contributed by atoms with van der Waals surface area (Å²) in [4.78, 5) is 5.35. The van der Waals surface area contributed by atoms with Crippen molar-refractivity contribution in [3.8, 4) is 6.07 Å². The quantitative estimate of drug-likeness (QED) is 0.834. The van der Waals surface area contributed by atoms with E-state index in [0.29, 0.717) is 11.3 Å². The Labute approximate surface area is 140 Å². The number of nitriles is 1. The highest BCUT2D eigenvalue weighted by Gasteiger charge is 2.58. The molecule has 24 heavy (non-hydrogen) atoms. The smallest absolute Gasteiger partial charge is 0.428 e. The van der Waals surface area contributed by atoms with Gasteiger partial charge in [0.05, 0.1) is 16.3 Å². The van der Waals surface area contributed by atoms with Crippen molar-refractivity contribution in [3.05, 3.63) is 40.1 Å². The topological polar surface area (TPSA) is 68.8 Å². The second kappa shape index (κ2) is 5.60. The number of hydrogen-bond donors (Lipinski definition) is 1. The molecule has 0 amide bonds. The van der Waals surface area contributed by atoms with Gasteiger partial charge in [0, 0.05) is 6.54 Å². The average Bonchev–Trinajstić information content (AvgIpc) is 3.06. The highest BCUT2D eigenvalue weighted by Crippen LogP contribution is 2.39. The number of rotatable bonds is 1. The zero-order valence-corrected chi connectivity index (χ0v) is 13.1. The first-order chi connectivity index (χ1) is 11.2. The van der Waals surface area contributed by atoms with Crippen LogP contribution in [0.3, 0.4) is 0 Å². The van der Waals surface area contributed by atoms with Gasteiger partial charge in [0.2, 0.25) is 6.10 Å². The molecule has 0 aromatic heterocycles. The van der Waals surface area contributed by atoms with Crippen molar-refractivity contribution in [1.82, 2.24) is 4.90 Å². The van der Waals surface area contributed by atoms with E-state index in [9.17, 15) is 18.3 Å². The number of fused-ring (bicyclic) bond motifs is 1. The molecule has 126 valence electrons. The summed E-state index contributed by atoms with van der Waals surface area (Å²) < 4.78 is 44.3. The molecule has 0 radical (unpaired) electrons. The number of aliphatic hydroxyl groups excluding tert-OH is 1. The minimum absolute atomic E-state index is 0.0605. The molecule has 1 aromatic rings. The Bertz CT molecular complexity index is 798. The number of ether oxygens (including phenoxy) is 1. The number of hydrogen-bond acceptors (Lipinski definition) is 4. The molecule has 1 saturated heterocycles. The van der Waals surface area contributed by atoms with E-state index < -0.39 is 24.1 Å². The first-order valence-electron chi connectivity index (χ1n) is 6.91. The van der Waals surface area contributed by atoms with Crippen molar-refractivity contribution in [3.63, 3.8) is 0 Å². The molecule has 2 atom stereocenters. The number of alkyl halides is 3. The number of benzene rings is 1. The van der Waals surface area contributed by atoms with Crippen LogP contribution in [0.15, 0.2) is 29.0 Å². The van der Waals surface area contributed by atoms with Gasteiger partial charge in [0.25, 0.3) is 6.02 Å². The van der Waals surface area contributed by atoms with Crippen molar-refractivity contribution in [1.29, 1.82) is 5.26 Å². The van der Waals surface area contributed by atoms with E-state index in [0.717, 1.165) is 0 Å². The van der Waals surface area contributed by atoms with Crippen LogP contribution in [-0.2, 0) is 4.74 Å². The first kappa shape index (κ1) is 16.5. The molecule has 0 unspecified atom stereocenters. The summed E-state index contributed by atoms with van der Waals surface area (Å²) in [5.74, 6) is -0.392. The van der Waals surface area contributed by atoms with Gasteiger partial charge < -0.3 is 14.7 Å². The van der Waals surface area contributed by atoms with Crippen LogP contribution >= 0.6 is 11.6 Å². The molecule has 1 N–H and O–H groups in total. The fourth-order valence-electron chi connectivity index (χ4n) is 2.67. The highest BCUT2D eigenvalue weighted by molar-refractivity contribution is 6.32. The molecule has 2 aliphatic heterocycles. The molecular formula is C15H11ClF3N3O2. The lowest BCUT2D eigenvalue weighted by molar-refractivity contribution is -0.197. The van der Waals surface area contributed by atoms with E-state index in [1.165, 1.54) is 23.1 Å². The number of aliphatic imine (C=N–C) groups is 1. The predicted octanol–water partition coefficient (Wildman–Crippen LogP) is 3.59.